The summed E-state index contributed by atoms with van der Waals surface area (Å²) < 4.78 is 23.3. The molecule has 14 heavy (non-hydrogen) atoms. The summed E-state index contributed by atoms with van der Waals surface area (Å²) in [7, 11) is -3.10. The SMILES string of the molecule is C/C=C(/C)S(=O)(=O)Cc1ccccc1. The topological polar surface area (TPSA) is 34.1 Å². The maximum atomic E-state index is 11.7. The normalized spacial score (nSPS) is 12.9. The molecule has 1 aromatic rings. The Balaban J connectivity index is 2.91. The Morgan fingerprint density at radius 3 is 2.36 bits per heavy atom. The lowest BCUT2D eigenvalue weighted by atomic mass is 10.2. The third-order valence-corrected chi connectivity index (χ3v) is 4.03. The molecule has 0 saturated carbocycles. The molecule has 0 aliphatic carbocycles. The van der Waals surface area contributed by atoms with E-state index in [0.717, 1.165) is 5.56 Å². The molecule has 0 saturated heterocycles. The van der Waals surface area contributed by atoms with Gasteiger partial charge in [0.1, 0.15) is 0 Å². The van der Waals surface area contributed by atoms with Crippen LogP contribution in [-0.4, -0.2) is 8.42 Å². The van der Waals surface area contributed by atoms with Crippen LogP contribution in [0.1, 0.15) is 19.4 Å². The molecule has 0 aliphatic heterocycles. The first-order chi connectivity index (χ1) is 6.56. The lowest BCUT2D eigenvalue weighted by Gasteiger charge is -2.03. The molecule has 1 aromatic carbocycles. The highest BCUT2D eigenvalue weighted by Crippen LogP contribution is 2.13. The first kappa shape index (κ1) is 11.0. The number of rotatable bonds is 3. The van der Waals surface area contributed by atoms with E-state index in [4.69, 9.17) is 0 Å². The number of hydrogen-bond acceptors (Lipinski definition) is 2. The van der Waals surface area contributed by atoms with Gasteiger partial charge in [0.05, 0.1) is 5.75 Å². The van der Waals surface area contributed by atoms with Crippen molar-refractivity contribution < 1.29 is 8.42 Å². The van der Waals surface area contributed by atoms with Crippen LogP contribution < -0.4 is 0 Å². The van der Waals surface area contributed by atoms with Gasteiger partial charge in [-0.05, 0) is 19.4 Å². The second-order valence-corrected chi connectivity index (χ2v) is 5.31. The Kier molecular flexibility index (Phi) is 3.47. The average molecular weight is 210 g/mol. The van der Waals surface area contributed by atoms with Gasteiger partial charge < -0.3 is 0 Å². The first-order valence-electron chi connectivity index (χ1n) is 4.46. The van der Waals surface area contributed by atoms with Crippen molar-refractivity contribution in [2.45, 2.75) is 19.6 Å². The van der Waals surface area contributed by atoms with E-state index in [9.17, 15) is 8.42 Å². The summed E-state index contributed by atoms with van der Waals surface area (Å²) in [5.74, 6) is 0.0873. The molecule has 0 atom stereocenters. The third kappa shape index (κ3) is 2.70. The van der Waals surface area contributed by atoms with Gasteiger partial charge >= 0.3 is 0 Å². The molecule has 0 N–H and O–H groups in total. The summed E-state index contributed by atoms with van der Waals surface area (Å²) in [5.41, 5.74) is 0.828. The van der Waals surface area contributed by atoms with Crippen LogP contribution in [0, 0.1) is 0 Å². The van der Waals surface area contributed by atoms with Gasteiger partial charge in [-0.1, -0.05) is 36.4 Å². The number of sulfone groups is 1. The lowest BCUT2D eigenvalue weighted by Crippen LogP contribution is -2.04. The molecule has 1 rings (SSSR count). The van der Waals surface area contributed by atoms with Crippen molar-refractivity contribution in [3.63, 3.8) is 0 Å². The Labute approximate surface area is 85.2 Å². The fraction of sp³-hybridized carbons (Fsp3) is 0.273. The summed E-state index contributed by atoms with van der Waals surface area (Å²) in [4.78, 5) is 0.432. The highest BCUT2D eigenvalue weighted by molar-refractivity contribution is 7.94. The molecule has 0 bridgehead atoms. The van der Waals surface area contributed by atoms with Crippen molar-refractivity contribution in [1.82, 2.24) is 0 Å². The van der Waals surface area contributed by atoms with E-state index in [2.05, 4.69) is 0 Å². The van der Waals surface area contributed by atoms with E-state index in [0.29, 0.717) is 4.91 Å². The molecule has 0 fully saturated rings. The zero-order valence-corrected chi connectivity index (χ0v) is 9.21. The molecule has 0 aliphatic rings. The Morgan fingerprint density at radius 2 is 1.86 bits per heavy atom. The van der Waals surface area contributed by atoms with Crippen molar-refractivity contribution in [2.24, 2.45) is 0 Å². The fourth-order valence-electron chi connectivity index (χ4n) is 1.09. The van der Waals surface area contributed by atoms with Crippen LogP contribution in [0.3, 0.4) is 0 Å². The smallest absolute Gasteiger partial charge is 0.178 e. The molecule has 0 unspecified atom stereocenters. The largest absolute Gasteiger partial charge is 0.224 e. The highest BCUT2D eigenvalue weighted by atomic mass is 32.2. The quantitative estimate of drug-likeness (QED) is 0.768. The Hall–Kier alpha value is -1.09. The minimum atomic E-state index is -3.10. The van der Waals surface area contributed by atoms with E-state index in [1.165, 1.54) is 0 Å². The molecule has 0 spiro atoms. The third-order valence-electron chi connectivity index (χ3n) is 2.10. The van der Waals surface area contributed by atoms with Gasteiger partial charge in [-0.15, -0.1) is 0 Å². The van der Waals surface area contributed by atoms with Crippen molar-refractivity contribution in [3.05, 3.63) is 46.9 Å². The van der Waals surface area contributed by atoms with Crippen LogP contribution in [0.15, 0.2) is 41.3 Å². The first-order valence-corrected chi connectivity index (χ1v) is 6.11. The summed E-state index contributed by atoms with van der Waals surface area (Å²) >= 11 is 0. The molecular formula is C11H14O2S. The van der Waals surface area contributed by atoms with Crippen LogP contribution in [0.4, 0.5) is 0 Å². The van der Waals surface area contributed by atoms with Crippen LogP contribution in [0.2, 0.25) is 0 Å². The van der Waals surface area contributed by atoms with Gasteiger partial charge in [-0.3, -0.25) is 0 Å². The molecule has 0 heterocycles. The predicted molar refractivity (Wildman–Crippen MR) is 58.5 cm³/mol. The predicted octanol–water partition coefficient (Wildman–Crippen LogP) is 2.53. The van der Waals surface area contributed by atoms with Crippen molar-refractivity contribution in [2.75, 3.05) is 0 Å². The molecule has 3 heteroatoms. The van der Waals surface area contributed by atoms with E-state index in [1.54, 1.807) is 19.9 Å². The molecule has 2 nitrogen and oxygen atoms in total. The zero-order chi connectivity index (χ0) is 10.6. The minimum Gasteiger partial charge on any atom is -0.224 e. The summed E-state index contributed by atoms with van der Waals surface area (Å²) in [5, 5.41) is 0. The van der Waals surface area contributed by atoms with Gasteiger partial charge in [0.25, 0.3) is 0 Å². The maximum Gasteiger partial charge on any atom is 0.178 e. The van der Waals surface area contributed by atoms with Gasteiger partial charge in [-0.2, -0.15) is 0 Å². The molecule has 0 amide bonds. The number of allylic oxidation sites excluding steroid dienone is 2. The Bertz CT molecular complexity index is 416. The monoisotopic (exact) mass is 210 g/mol. The van der Waals surface area contributed by atoms with E-state index in [-0.39, 0.29) is 5.75 Å². The molecule has 76 valence electrons. The van der Waals surface area contributed by atoms with Crippen LogP contribution >= 0.6 is 0 Å². The van der Waals surface area contributed by atoms with E-state index in [1.807, 2.05) is 30.3 Å². The van der Waals surface area contributed by atoms with Crippen LogP contribution in [0.25, 0.3) is 0 Å². The number of benzene rings is 1. The second-order valence-electron chi connectivity index (χ2n) is 3.14. The standard InChI is InChI=1S/C11H14O2S/c1-3-10(2)14(12,13)9-11-7-5-4-6-8-11/h3-8H,9H2,1-2H3/b10-3-. The van der Waals surface area contributed by atoms with Crippen LogP contribution in [-0.2, 0) is 15.6 Å². The number of hydrogen-bond donors (Lipinski definition) is 0. The van der Waals surface area contributed by atoms with Crippen molar-refractivity contribution >= 4 is 9.84 Å². The second kappa shape index (κ2) is 4.42. The molecular weight excluding hydrogens is 196 g/mol. The van der Waals surface area contributed by atoms with Gasteiger partial charge in [0.15, 0.2) is 9.84 Å². The molecule has 0 aromatic heterocycles. The van der Waals surface area contributed by atoms with E-state index < -0.39 is 9.84 Å². The summed E-state index contributed by atoms with van der Waals surface area (Å²) in [6.45, 7) is 3.36. The summed E-state index contributed by atoms with van der Waals surface area (Å²) in [6.07, 6.45) is 1.62. The molecule has 0 radical (unpaired) electrons. The summed E-state index contributed by atoms with van der Waals surface area (Å²) in [6, 6.07) is 9.20. The fourth-order valence-corrected chi connectivity index (χ4v) is 2.31. The van der Waals surface area contributed by atoms with Gasteiger partial charge in [0, 0.05) is 4.91 Å². The zero-order valence-electron chi connectivity index (χ0n) is 8.40. The lowest BCUT2D eigenvalue weighted by molar-refractivity contribution is 0.601. The van der Waals surface area contributed by atoms with Crippen molar-refractivity contribution in [1.29, 1.82) is 0 Å². The van der Waals surface area contributed by atoms with Gasteiger partial charge in [0.2, 0.25) is 0 Å². The minimum absolute atomic E-state index is 0.0873. The van der Waals surface area contributed by atoms with Gasteiger partial charge in [-0.25, -0.2) is 8.42 Å². The Morgan fingerprint density at radius 1 is 1.29 bits per heavy atom. The average Bonchev–Trinajstić information content (AvgIpc) is 2.17. The maximum absolute atomic E-state index is 11.7. The highest BCUT2D eigenvalue weighted by Gasteiger charge is 2.12. The van der Waals surface area contributed by atoms with E-state index >= 15 is 0 Å². The van der Waals surface area contributed by atoms with Crippen LogP contribution in [0.5, 0.6) is 0 Å². The van der Waals surface area contributed by atoms with Crippen molar-refractivity contribution in [3.8, 4) is 0 Å².